The Bertz CT molecular complexity index is 604. The first-order valence-corrected chi connectivity index (χ1v) is 5.90. The summed E-state index contributed by atoms with van der Waals surface area (Å²) in [5.74, 6) is -0.931. The van der Waals surface area contributed by atoms with Gasteiger partial charge in [0.05, 0.1) is 5.69 Å². The number of hydrogen-bond donors (Lipinski definition) is 1. The van der Waals surface area contributed by atoms with Crippen LogP contribution in [0.15, 0.2) is 22.6 Å². The van der Waals surface area contributed by atoms with Crippen molar-refractivity contribution >= 4 is 17.6 Å². The highest BCUT2D eigenvalue weighted by Gasteiger charge is 2.19. The van der Waals surface area contributed by atoms with Crippen LogP contribution in [-0.2, 0) is 6.42 Å². The van der Waals surface area contributed by atoms with E-state index in [-0.39, 0.29) is 11.7 Å². The third kappa shape index (κ3) is 2.24. The van der Waals surface area contributed by atoms with Gasteiger partial charge in [-0.25, -0.2) is 9.78 Å². The summed E-state index contributed by atoms with van der Waals surface area (Å²) in [4.78, 5) is 15.2. The van der Waals surface area contributed by atoms with Crippen molar-refractivity contribution in [3.8, 4) is 11.5 Å². The van der Waals surface area contributed by atoms with Gasteiger partial charge in [0.25, 0.3) is 0 Å². The molecule has 0 amide bonds. The Morgan fingerprint density at radius 3 is 2.72 bits per heavy atom. The fourth-order valence-corrected chi connectivity index (χ4v) is 1.79. The lowest BCUT2D eigenvalue weighted by Gasteiger charge is -1.99. The van der Waals surface area contributed by atoms with Crippen LogP contribution in [0, 0.1) is 6.92 Å². The number of carboxylic acids is 1. The molecule has 0 bridgehead atoms. The molecule has 1 N–H and O–H groups in total. The Kier molecular flexibility index (Phi) is 3.39. The molecule has 0 spiro atoms. The molecule has 5 heteroatoms. The second-order valence-electron chi connectivity index (χ2n) is 3.92. The van der Waals surface area contributed by atoms with E-state index in [4.69, 9.17) is 21.1 Å². The van der Waals surface area contributed by atoms with E-state index in [2.05, 4.69) is 4.98 Å². The molecule has 0 saturated carbocycles. The minimum atomic E-state index is -1.11. The number of hydrogen-bond acceptors (Lipinski definition) is 3. The molecule has 18 heavy (non-hydrogen) atoms. The van der Waals surface area contributed by atoms with Crippen LogP contribution in [0.2, 0.25) is 5.02 Å². The first-order chi connectivity index (χ1) is 8.52. The van der Waals surface area contributed by atoms with Gasteiger partial charge in [0, 0.05) is 10.6 Å². The first kappa shape index (κ1) is 12.6. The largest absolute Gasteiger partial charge is 0.475 e. The highest BCUT2D eigenvalue weighted by molar-refractivity contribution is 6.31. The van der Waals surface area contributed by atoms with E-state index in [9.17, 15) is 4.79 Å². The molecule has 94 valence electrons. The van der Waals surface area contributed by atoms with Crippen molar-refractivity contribution in [1.82, 2.24) is 4.98 Å². The monoisotopic (exact) mass is 265 g/mol. The average molecular weight is 266 g/mol. The van der Waals surface area contributed by atoms with Crippen LogP contribution in [0.4, 0.5) is 0 Å². The molecule has 0 aliphatic heterocycles. The van der Waals surface area contributed by atoms with Crippen LogP contribution in [0.25, 0.3) is 11.5 Å². The molecule has 2 aromatic rings. The quantitative estimate of drug-likeness (QED) is 0.921. The second-order valence-corrected chi connectivity index (χ2v) is 4.32. The van der Waals surface area contributed by atoms with Crippen LogP contribution < -0.4 is 0 Å². The fraction of sp³-hybridized carbons (Fsp3) is 0.231. The Hall–Kier alpha value is -1.81. The Morgan fingerprint density at radius 2 is 2.22 bits per heavy atom. The van der Waals surface area contributed by atoms with Crippen LogP contribution in [0.5, 0.6) is 0 Å². The number of benzene rings is 1. The molecule has 4 nitrogen and oxygen atoms in total. The summed E-state index contributed by atoms with van der Waals surface area (Å²) in [5.41, 5.74) is 2.06. The molecule has 0 saturated heterocycles. The zero-order valence-corrected chi connectivity index (χ0v) is 10.8. The molecule has 0 radical (unpaired) electrons. The number of carbonyl (C=O) groups is 1. The summed E-state index contributed by atoms with van der Waals surface area (Å²) in [6.45, 7) is 3.72. The topological polar surface area (TPSA) is 63.3 Å². The van der Waals surface area contributed by atoms with Crippen molar-refractivity contribution in [1.29, 1.82) is 0 Å². The van der Waals surface area contributed by atoms with E-state index in [0.717, 1.165) is 5.56 Å². The van der Waals surface area contributed by atoms with Crippen molar-refractivity contribution in [3.63, 3.8) is 0 Å². The Balaban J connectivity index is 2.50. The van der Waals surface area contributed by atoms with E-state index >= 15 is 0 Å². The summed E-state index contributed by atoms with van der Waals surface area (Å²) in [7, 11) is 0. The van der Waals surface area contributed by atoms with Gasteiger partial charge in [0.15, 0.2) is 0 Å². The van der Waals surface area contributed by atoms with Crippen molar-refractivity contribution in [2.45, 2.75) is 20.3 Å². The van der Waals surface area contributed by atoms with Crippen molar-refractivity contribution in [3.05, 3.63) is 40.2 Å². The molecule has 0 aliphatic carbocycles. The van der Waals surface area contributed by atoms with Gasteiger partial charge in [-0.1, -0.05) is 24.6 Å². The average Bonchev–Trinajstić information content (AvgIpc) is 2.77. The smallest absolute Gasteiger partial charge is 0.373 e. The molecule has 0 unspecified atom stereocenters. The molecule has 0 atom stereocenters. The third-order valence-electron chi connectivity index (χ3n) is 2.65. The zero-order chi connectivity index (χ0) is 13.3. The standard InChI is InChI=1S/C13H12ClNO3/c1-3-10-11(13(16)17)18-12(15-10)8-5-4-7(2)9(14)6-8/h4-6H,3H2,1-2H3,(H,16,17). The van der Waals surface area contributed by atoms with E-state index in [0.29, 0.717) is 22.7 Å². The van der Waals surface area contributed by atoms with Gasteiger partial charge in [-0.2, -0.15) is 0 Å². The molecule has 1 aromatic carbocycles. The SMILES string of the molecule is CCc1nc(-c2ccc(C)c(Cl)c2)oc1C(=O)O. The Morgan fingerprint density at radius 1 is 1.50 bits per heavy atom. The van der Waals surface area contributed by atoms with Gasteiger partial charge in [0.2, 0.25) is 11.7 Å². The van der Waals surface area contributed by atoms with Crippen LogP contribution in [0.3, 0.4) is 0 Å². The third-order valence-corrected chi connectivity index (χ3v) is 3.05. The van der Waals surface area contributed by atoms with Crippen molar-refractivity contribution in [2.24, 2.45) is 0 Å². The maximum Gasteiger partial charge on any atom is 0.373 e. The molecule has 2 rings (SSSR count). The van der Waals surface area contributed by atoms with Gasteiger partial charge >= 0.3 is 5.97 Å². The number of oxazole rings is 1. The van der Waals surface area contributed by atoms with Gasteiger partial charge in [-0.15, -0.1) is 0 Å². The normalized spacial score (nSPS) is 10.6. The summed E-state index contributed by atoms with van der Waals surface area (Å²) < 4.78 is 5.28. The predicted octanol–water partition coefficient (Wildman–Crippen LogP) is 3.56. The maximum atomic E-state index is 11.0. The van der Waals surface area contributed by atoms with Gasteiger partial charge in [0.1, 0.15) is 0 Å². The lowest BCUT2D eigenvalue weighted by atomic mass is 10.1. The van der Waals surface area contributed by atoms with E-state index in [1.165, 1.54) is 0 Å². The number of rotatable bonds is 3. The zero-order valence-electron chi connectivity index (χ0n) is 10.0. The molecular formula is C13H12ClNO3. The highest BCUT2D eigenvalue weighted by Crippen LogP contribution is 2.26. The lowest BCUT2D eigenvalue weighted by Crippen LogP contribution is -1.98. The number of aryl methyl sites for hydroxylation is 2. The van der Waals surface area contributed by atoms with Gasteiger partial charge < -0.3 is 9.52 Å². The minimum absolute atomic E-state index is 0.107. The highest BCUT2D eigenvalue weighted by atomic mass is 35.5. The maximum absolute atomic E-state index is 11.0. The first-order valence-electron chi connectivity index (χ1n) is 5.52. The molecule has 0 fully saturated rings. The van der Waals surface area contributed by atoms with Crippen LogP contribution in [-0.4, -0.2) is 16.1 Å². The number of aromatic nitrogens is 1. The van der Waals surface area contributed by atoms with Gasteiger partial charge in [-0.05, 0) is 31.0 Å². The predicted molar refractivity (Wildman–Crippen MR) is 68.0 cm³/mol. The van der Waals surface area contributed by atoms with Crippen LogP contribution >= 0.6 is 11.6 Å². The Labute approximate surface area is 109 Å². The molecular weight excluding hydrogens is 254 g/mol. The summed E-state index contributed by atoms with van der Waals surface area (Å²) in [6, 6.07) is 5.36. The molecule has 1 heterocycles. The number of aromatic carboxylic acids is 1. The molecule has 1 aromatic heterocycles. The number of halogens is 1. The van der Waals surface area contributed by atoms with E-state index < -0.39 is 5.97 Å². The summed E-state index contributed by atoms with van der Waals surface area (Å²) >= 11 is 6.02. The van der Waals surface area contributed by atoms with E-state index in [1.54, 1.807) is 12.1 Å². The number of nitrogens with zero attached hydrogens (tertiary/aromatic N) is 1. The summed E-state index contributed by atoms with van der Waals surface area (Å²) in [5, 5.41) is 9.59. The second kappa shape index (κ2) is 4.82. The lowest BCUT2D eigenvalue weighted by molar-refractivity contribution is 0.0662. The minimum Gasteiger partial charge on any atom is -0.475 e. The fourth-order valence-electron chi connectivity index (χ4n) is 1.61. The van der Waals surface area contributed by atoms with E-state index in [1.807, 2.05) is 19.9 Å². The van der Waals surface area contributed by atoms with Crippen molar-refractivity contribution in [2.75, 3.05) is 0 Å². The van der Waals surface area contributed by atoms with Gasteiger partial charge in [-0.3, -0.25) is 0 Å². The van der Waals surface area contributed by atoms with Crippen LogP contribution in [0.1, 0.15) is 28.7 Å². The molecule has 0 aliphatic rings. The summed E-state index contributed by atoms with van der Waals surface area (Å²) in [6.07, 6.45) is 0.505. The number of carboxylic acid groups (broad SMARTS) is 1. The van der Waals surface area contributed by atoms with Crippen molar-refractivity contribution < 1.29 is 14.3 Å².